The first-order valence-corrected chi connectivity index (χ1v) is 20.4. The van der Waals surface area contributed by atoms with Gasteiger partial charge < -0.3 is 30.2 Å². The Bertz CT molecular complexity index is 1720. The quantitative estimate of drug-likeness (QED) is 0.237. The van der Waals surface area contributed by atoms with E-state index in [-0.39, 0.29) is 12.1 Å². The first-order chi connectivity index (χ1) is 26.2. The third kappa shape index (κ3) is 9.32. The molecule has 8 rings (SSSR count). The minimum atomic E-state index is 0.111. The van der Waals surface area contributed by atoms with Crippen molar-refractivity contribution in [2.45, 2.75) is 76.3 Å². The van der Waals surface area contributed by atoms with E-state index in [2.05, 4.69) is 107 Å². The van der Waals surface area contributed by atoms with Crippen LogP contribution in [0.1, 0.15) is 75.3 Å². The number of likely N-dealkylation sites (tertiary alicyclic amines) is 4. The highest BCUT2D eigenvalue weighted by Gasteiger charge is 2.32. The second kappa shape index (κ2) is 17.5. The van der Waals surface area contributed by atoms with Crippen molar-refractivity contribution in [3.63, 3.8) is 0 Å². The molecule has 0 spiro atoms. The Balaban J connectivity index is 0.000000167. The number of carbonyl (C=O) groups is 2. The number of aromatic nitrogens is 2. The standard InChI is InChI=1S/2C22H30N4O/c2*1-16-13-17(19-5-3-7-21-20(19)6-4-10-23-21)15-26(14-16)22(27)24-18-8-11-25(2)12-9-18/h2*3-7,10,16-18H,8-9,11-15H2,1-2H3,(H,24,27)/t16-,17+;16-,17-/m11/s1. The van der Waals surface area contributed by atoms with E-state index in [1.807, 2.05) is 34.3 Å². The van der Waals surface area contributed by atoms with Gasteiger partial charge in [0, 0.05) is 73.3 Å². The lowest BCUT2D eigenvalue weighted by Gasteiger charge is -2.38. The van der Waals surface area contributed by atoms with Crippen molar-refractivity contribution >= 4 is 33.9 Å². The van der Waals surface area contributed by atoms with Crippen LogP contribution >= 0.6 is 0 Å². The maximum absolute atomic E-state index is 12.9. The molecular formula is C44H60N8O2. The summed E-state index contributed by atoms with van der Waals surface area (Å²) in [5, 5.41) is 9.01. The smallest absolute Gasteiger partial charge is 0.317 e. The molecule has 4 atom stereocenters. The van der Waals surface area contributed by atoms with Gasteiger partial charge in [0.2, 0.25) is 0 Å². The molecule has 0 radical (unpaired) electrons. The predicted octanol–water partition coefficient (Wildman–Crippen LogP) is 6.93. The number of amides is 4. The highest BCUT2D eigenvalue weighted by atomic mass is 16.2. The molecule has 0 bridgehead atoms. The Morgan fingerprint density at radius 3 is 1.39 bits per heavy atom. The van der Waals surface area contributed by atoms with E-state index in [0.717, 1.165) is 102 Å². The summed E-state index contributed by atoms with van der Waals surface area (Å²) < 4.78 is 0. The lowest BCUT2D eigenvalue weighted by Crippen LogP contribution is -2.52. The normalized spacial score (nSPS) is 24.9. The molecule has 0 unspecified atom stereocenters. The molecule has 0 saturated carbocycles. The zero-order chi connectivity index (χ0) is 37.6. The zero-order valence-electron chi connectivity index (χ0n) is 32.8. The van der Waals surface area contributed by atoms with E-state index in [9.17, 15) is 9.59 Å². The van der Waals surface area contributed by atoms with Gasteiger partial charge in [-0.3, -0.25) is 9.97 Å². The maximum atomic E-state index is 12.9. The van der Waals surface area contributed by atoms with Crippen molar-refractivity contribution in [3.8, 4) is 0 Å². The fraction of sp³-hybridized carbons (Fsp3) is 0.545. The number of fused-ring (bicyclic) bond motifs is 2. The molecule has 10 heteroatoms. The van der Waals surface area contributed by atoms with E-state index in [1.165, 1.54) is 21.9 Å². The van der Waals surface area contributed by atoms with E-state index in [4.69, 9.17) is 0 Å². The van der Waals surface area contributed by atoms with Crippen LogP contribution < -0.4 is 10.6 Å². The van der Waals surface area contributed by atoms with Crippen LogP contribution in [-0.2, 0) is 0 Å². The highest BCUT2D eigenvalue weighted by molar-refractivity contribution is 5.84. The van der Waals surface area contributed by atoms with Crippen LogP contribution in [0, 0.1) is 11.8 Å². The average molecular weight is 733 g/mol. The molecule has 4 saturated heterocycles. The van der Waals surface area contributed by atoms with Gasteiger partial charge in [-0.2, -0.15) is 0 Å². The minimum absolute atomic E-state index is 0.111. The average Bonchev–Trinajstić information content (AvgIpc) is 3.19. The number of piperidine rings is 4. The molecule has 0 aliphatic carbocycles. The van der Waals surface area contributed by atoms with Crippen LogP contribution in [0.5, 0.6) is 0 Å². The second-order valence-electron chi connectivity index (χ2n) is 16.8. The van der Waals surface area contributed by atoms with Crippen LogP contribution in [0.2, 0.25) is 0 Å². The molecular weight excluding hydrogens is 673 g/mol. The van der Waals surface area contributed by atoms with Crippen molar-refractivity contribution in [1.82, 2.24) is 40.2 Å². The van der Waals surface area contributed by atoms with Gasteiger partial charge in [-0.1, -0.05) is 50.2 Å². The second-order valence-corrected chi connectivity index (χ2v) is 16.8. The maximum Gasteiger partial charge on any atom is 0.317 e. The van der Waals surface area contributed by atoms with E-state index in [1.54, 1.807) is 0 Å². The number of carbonyl (C=O) groups excluding carboxylic acids is 2. The molecule has 6 heterocycles. The highest BCUT2D eigenvalue weighted by Crippen LogP contribution is 2.35. The first kappa shape index (κ1) is 38.0. The Labute approximate surface area is 321 Å². The largest absolute Gasteiger partial charge is 0.335 e. The third-order valence-corrected chi connectivity index (χ3v) is 12.2. The van der Waals surface area contributed by atoms with Gasteiger partial charge >= 0.3 is 12.1 Å². The Morgan fingerprint density at radius 1 is 0.574 bits per heavy atom. The lowest BCUT2D eigenvalue weighted by molar-refractivity contribution is 0.150. The van der Waals surface area contributed by atoms with Crippen molar-refractivity contribution in [1.29, 1.82) is 0 Å². The number of pyridine rings is 2. The molecule has 4 amide bonds. The fourth-order valence-corrected chi connectivity index (χ4v) is 9.29. The van der Waals surface area contributed by atoms with E-state index in [0.29, 0.717) is 35.8 Å². The van der Waals surface area contributed by atoms with Crippen LogP contribution in [0.4, 0.5) is 9.59 Å². The first-order valence-electron chi connectivity index (χ1n) is 20.4. The van der Waals surface area contributed by atoms with Crippen LogP contribution in [-0.4, -0.2) is 120 Å². The molecule has 4 fully saturated rings. The number of hydrogen-bond donors (Lipinski definition) is 2. The Hall–Kier alpha value is -4.28. The summed E-state index contributed by atoms with van der Waals surface area (Å²) in [5.41, 5.74) is 4.72. The summed E-state index contributed by atoms with van der Waals surface area (Å²) >= 11 is 0. The van der Waals surface area contributed by atoms with Gasteiger partial charge in [0.1, 0.15) is 0 Å². The van der Waals surface area contributed by atoms with E-state index >= 15 is 0 Å². The number of nitrogens with one attached hydrogen (secondary N) is 2. The summed E-state index contributed by atoms with van der Waals surface area (Å²) in [4.78, 5) is 43.6. The van der Waals surface area contributed by atoms with Gasteiger partial charge in [0.15, 0.2) is 0 Å². The van der Waals surface area contributed by atoms with Crippen molar-refractivity contribution in [2.24, 2.45) is 11.8 Å². The molecule has 2 aromatic carbocycles. The molecule has 54 heavy (non-hydrogen) atoms. The third-order valence-electron chi connectivity index (χ3n) is 12.2. The fourth-order valence-electron chi connectivity index (χ4n) is 9.29. The van der Waals surface area contributed by atoms with Crippen molar-refractivity contribution in [3.05, 3.63) is 84.2 Å². The lowest BCUT2D eigenvalue weighted by atomic mass is 9.84. The van der Waals surface area contributed by atoms with Gasteiger partial charge in [-0.05, 0) is 126 Å². The molecule has 10 nitrogen and oxygen atoms in total. The monoisotopic (exact) mass is 732 g/mol. The van der Waals surface area contributed by atoms with Gasteiger partial charge in [0.25, 0.3) is 0 Å². The number of urea groups is 2. The minimum Gasteiger partial charge on any atom is -0.335 e. The number of nitrogens with zero attached hydrogens (tertiary/aromatic N) is 6. The van der Waals surface area contributed by atoms with Crippen LogP contribution in [0.25, 0.3) is 21.8 Å². The topological polar surface area (TPSA) is 96.9 Å². The summed E-state index contributed by atoms with van der Waals surface area (Å²) in [6, 6.07) is 21.9. The van der Waals surface area contributed by atoms with Crippen LogP contribution in [0.3, 0.4) is 0 Å². The molecule has 288 valence electrons. The van der Waals surface area contributed by atoms with Crippen molar-refractivity contribution < 1.29 is 9.59 Å². The van der Waals surface area contributed by atoms with E-state index < -0.39 is 0 Å². The molecule has 2 aromatic heterocycles. The Kier molecular flexibility index (Phi) is 12.3. The molecule has 4 aliphatic heterocycles. The van der Waals surface area contributed by atoms with Gasteiger partial charge in [-0.25, -0.2) is 9.59 Å². The van der Waals surface area contributed by atoms with Gasteiger partial charge in [0.05, 0.1) is 11.0 Å². The molecule has 4 aromatic rings. The summed E-state index contributed by atoms with van der Waals surface area (Å²) in [5.74, 6) is 1.73. The van der Waals surface area contributed by atoms with Crippen LogP contribution in [0.15, 0.2) is 73.1 Å². The molecule has 2 N–H and O–H groups in total. The predicted molar refractivity (Wildman–Crippen MR) is 218 cm³/mol. The van der Waals surface area contributed by atoms with Gasteiger partial charge in [-0.15, -0.1) is 0 Å². The number of hydrogen-bond acceptors (Lipinski definition) is 6. The Morgan fingerprint density at radius 2 is 0.981 bits per heavy atom. The SMILES string of the molecule is C[C@@H]1C[C@@H](c2cccc3ncccc23)CN(C(=O)NC2CCN(C)CC2)C1.C[C@@H]1C[C@H](c2cccc3ncccc23)CN(C(=O)NC2CCN(C)CC2)C1. The van der Waals surface area contributed by atoms with Crippen molar-refractivity contribution in [2.75, 3.05) is 66.5 Å². The zero-order valence-corrected chi connectivity index (χ0v) is 32.8. The molecule has 4 aliphatic rings. The number of benzene rings is 2. The summed E-state index contributed by atoms with van der Waals surface area (Å²) in [6.45, 7) is 12.0. The summed E-state index contributed by atoms with van der Waals surface area (Å²) in [6.07, 6.45) is 10.1. The number of rotatable bonds is 4. The summed E-state index contributed by atoms with van der Waals surface area (Å²) in [7, 11) is 4.29.